The minimum atomic E-state index is -3.70. The predicted molar refractivity (Wildman–Crippen MR) is 61.1 cm³/mol. The van der Waals surface area contributed by atoms with Gasteiger partial charge in [-0.2, -0.15) is 0 Å². The van der Waals surface area contributed by atoms with E-state index in [1.807, 2.05) is 0 Å². The Labute approximate surface area is 98.6 Å². The fourth-order valence-electron chi connectivity index (χ4n) is 0.933. The smallest absolute Gasteiger partial charge is 0.382 e. The van der Waals surface area contributed by atoms with E-state index in [1.54, 1.807) is 13.8 Å². The number of allylic oxidation sites excluding steroid dienone is 1. The quantitative estimate of drug-likeness (QED) is 0.236. The Hall–Kier alpha value is -1.24. The predicted octanol–water partition coefficient (Wildman–Crippen LogP) is 1.87. The minimum absolute atomic E-state index is 0.0966. The Morgan fingerprint density at radius 1 is 1.47 bits per heavy atom. The van der Waals surface area contributed by atoms with Crippen molar-refractivity contribution in [3.63, 3.8) is 0 Å². The first kappa shape index (κ1) is 15.8. The van der Waals surface area contributed by atoms with Crippen LogP contribution in [0.3, 0.4) is 0 Å². The van der Waals surface area contributed by atoms with Gasteiger partial charge in [0, 0.05) is 4.92 Å². The highest BCUT2D eigenvalue weighted by atomic mass is 31.2. The third-order valence-electron chi connectivity index (χ3n) is 1.50. The van der Waals surface area contributed by atoms with Crippen molar-refractivity contribution in [3.05, 3.63) is 22.3 Å². The third kappa shape index (κ3) is 5.58. The number of nitro groups is 1. The summed E-state index contributed by atoms with van der Waals surface area (Å²) in [5.74, 6) is 0. The van der Waals surface area contributed by atoms with Crippen LogP contribution in [0.15, 0.2) is 17.3 Å². The van der Waals surface area contributed by atoms with Gasteiger partial charge in [-0.05, 0) is 26.0 Å². The Morgan fingerprint density at radius 2 is 2.00 bits per heavy atom. The van der Waals surface area contributed by atoms with Gasteiger partial charge < -0.3 is 14.3 Å². The molecule has 0 saturated heterocycles. The topological polar surface area (TPSA) is 111 Å². The molecule has 0 bridgehead atoms. The first-order valence-corrected chi connectivity index (χ1v) is 6.44. The van der Waals surface area contributed by atoms with Crippen LogP contribution < -0.4 is 0 Å². The number of hydrogen-bond acceptors (Lipinski definition) is 7. The molecule has 0 fully saturated rings. The SMILES string of the molecule is CCOP(=O)(OCC)C(/C=C/C[N+](=O)[O-])=N\O. The molecule has 0 radical (unpaired) electrons. The molecule has 17 heavy (non-hydrogen) atoms. The monoisotopic (exact) mass is 266 g/mol. The molecule has 0 aromatic rings. The van der Waals surface area contributed by atoms with Crippen molar-refractivity contribution < 1.29 is 23.7 Å². The maximum Gasteiger partial charge on any atom is 0.382 e. The van der Waals surface area contributed by atoms with Crippen LogP contribution in [0.25, 0.3) is 0 Å². The Kier molecular flexibility index (Phi) is 7.36. The molecule has 0 saturated carbocycles. The summed E-state index contributed by atoms with van der Waals surface area (Å²) in [7, 11) is -3.70. The first-order chi connectivity index (χ1) is 8.00. The van der Waals surface area contributed by atoms with Crippen molar-refractivity contribution in [3.8, 4) is 0 Å². The van der Waals surface area contributed by atoms with Gasteiger partial charge in [-0.15, -0.1) is 0 Å². The van der Waals surface area contributed by atoms with E-state index in [1.165, 1.54) is 0 Å². The Morgan fingerprint density at radius 3 is 2.35 bits per heavy atom. The molecule has 0 spiro atoms. The highest BCUT2D eigenvalue weighted by Crippen LogP contribution is 2.49. The van der Waals surface area contributed by atoms with E-state index >= 15 is 0 Å². The fourth-order valence-corrected chi connectivity index (χ4v) is 2.35. The molecular weight excluding hydrogens is 251 g/mol. The highest BCUT2D eigenvalue weighted by Gasteiger charge is 2.30. The van der Waals surface area contributed by atoms with Gasteiger partial charge in [-0.3, -0.25) is 14.7 Å². The molecule has 0 heterocycles. The van der Waals surface area contributed by atoms with E-state index in [9.17, 15) is 14.7 Å². The van der Waals surface area contributed by atoms with E-state index in [4.69, 9.17) is 14.3 Å². The summed E-state index contributed by atoms with van der Waals surface area (Å²) in [5.41, 5.74) is -0.358. The zero-order chi connectivity index (χ0) is 13.3. The van der Waals surface area contributed by atoms with Gasteiger partial charge in [-0.25, -0.2) is 0 Å². The second-order valence-electron chi connectivity index (χ2n) is 2.71. The average Bonchev–Trinajstić information content (AvgIpc) is 2.24. The number of nitrogens with zero attached hydrogens (tertiary/aromatic N) is 2. The minimum Gasteiger partial charge on any atom is -0.410 e. The van der Waals surface area contributed by atoms with Crippen LogP contribution in [-0.4, -0.2) is 35.3 Å². The molecule has 9 heteroatoms. The molecule has 0 aromatic carbocycles. The normalized spacial score (nSPS) is 13.2. The van der Waals surface area contributed by atoms with Crippen LogP contribution in [0.4, 0.5) is 0 Å². The molecule has 0 amide bonds. The molecular formula is C8H15N2O6P. The summed E-state index contributed by atoms with van der Waals surface area (Å²) in [6.07, 6.45) is 2.15. The molecule has 1 N–H and O–H groups in total. The lowest BCUT2D eigenvalue weighted by atomic mass is 10.5. The Balaban J connectivity index is 4.87. The summed E-state index contributed by atoms with van der Waals surface area (Å²) in [5, 5.41) is 21.6. The van der Waals surface area contributed by atoms with E-state index in [2.05, 4.69) is 5.16 Å². The number of oxime groups is 1. The molecule has 0 aliphatic heterocycles. The molecule has 8 nitrogen and oxygen atoms in total. The van der Waals surface area contributed by atoms with E-state index < -0.39 is 19.1 Å². The zero-order valence-electron chi connectivity index (χ0n) is 9.61. The second kappa shape index (κ2) is 7.94. The van der Waals surface area contributed by atoms with Gasteiger partial charge in [0.05, 0.1) is 13.2 Å². The lowest BCUT2D eigenvalue weighted by Gasteiger charge is -2.15. The summed E-state index contributed by atoms with van der Waals surface area (Å²) in [4.78, 5) is 9.51. The molecule has 0 aliphatic carbocycles. The van der Waals surface area contributed by atoms with Gasteiger partial charge in [0.15, 0.2) is 5.45 Å². The van der Waals surface area contributed by atoms with Crippen LogP contribution in [0.1, 0.15) is 13.8 Å². The van der Waals surface area contributed by atoms with Gasteiger partial charge in [0.1, 0.15) is 0 Å². The highest BCUT2D eigenvalue weighted by molar-refractivity contribution is 7.72. The summed E-state index contributed by atoms with van der Waals surface area (Å²) >= 11 is 0. The van der Waals surface area contributed by atoms with Crippen molar-refractivity contribution in [2.45, 2.75) is 13.8 Å². The largest absolute Gasteiger partial charge is 0.410 e. The van der Waals surface area contributed by atoms with Crippen LogP contribution in [0.5, 0.6) is 0 Å². The van der Waals surface area contributed by atoms with E-state index in [-0.39, 0.29) is 18.7 Å². The molecule has 0 atom stereocenters. The maximum atomic E-state index is 12.1. The van der Waals surface area contributed by atoms with Crippen LogP contribution in [0.2, 0.25) is 0 Å². The number of rotatable bonds is 8. The van der Waals surface area contributed by atoms with Crippen molar-refractivity contribution in [1.29, 1.82) is 0 Å². The zero-order valence-corrected chi connectivity index (χ0v) is 10.5. The summed E-state index contributed by atoms with van der Waals surface area (Å²) in [6, 6.07) is 0. The average molecular weight is 266 g/mol. The standard InChI is InChI=1S/C8H15N2O6P/c1-3-15-17(14,16-4-2)8(9-11)6-5-7-10(12)13/h5-6,11H,3-4,7H2,1-2H3/b6-5+,9-8-. The van der Waals surface area contributed by atoms with Gasteiger partial charge >= 0.3 is 7.60 Å². The van der Waals surface area contributed by atoms with Gasteiger partial charge in [0.25, 0.3) is 0 Å². The third-order valence-corrected chi connectivity index (χ3v) is 3.50. The fraction of sp³-hybridized carbons (Fsp3) is 0.625. The Bertz CT molecular complexity index is 344. The summed E-state index contributed by atoms with van der Waals surface area (Å²) in [6.45, 7) is 2.92. The first-order valence-electron chi connectivity index (χ1n) is 4.90. The van der Waals surface area contributed by atoms with Crippen molar-refractivity contribution >= 4 is 13.0 Å². The van der Waals surface area contributed by atoms with E-state index in [0.29, 0.717) is 0 Å². The van der Waals surface area contributed by atoms with Crippen LogP contribution in [0, 0.1) is 10.1 Å². The van der Waals surface area contributed by atoms with E-state index in [0.717, 1.165) is 12.2 Å². The maximum absolute atomic E-state index is 12.1. The lowest BCUT2D eigenvalue weighted by Crippen LogP contribution is -2.06. The second-order valence-corrected chi connectivity index (χ2v) is 4.68. The molecule has 0 unspecified atom stereocenters. The molecule has 0 aromatic heterocycles. The lowest BCUT2D eigenvalue weighted by molar-refractivity contribution is -0.468. The summed E-state index contributed by atoms with van der Waals surface area (Å²) < 4.78 is 21.9. The van der Waals surface area contributed by atoms with Crippen molar-refractivity contribution in [2.24, 2.45) is 5.16 Å². The number of hydrogen-bond donors (Lipinski definition) is 1. The van der Waals surface area contributed by atoms with Crippen LogP contribution in [-0.2, 0) is 13.6 Å². The van der Waals surface area contributed by atoms with Crippen molar-refractivity contribution in [1.82, 2.24) is 0 Å². The van der Waals surface area contributed by atoms with Gasteiger partial charge in [0.2, 0.25) is 6.54 Å². The van der Waals surface area contributed by atoms with Crippen LogP contribution >= 0.6 is 7.60 Å². The molecule has 0 aliphatic rings. The molecule has 0 rings (SSSR count). The van der Waals surface area contributed by atoms with Crippen molar-refractivity contribution in [2.75, 3.05) is 19.8 Å². The molecule has 98 valence electrons. The van der Waals surface area contributed by atoms with Gasteiger partial charge in [-0.1, -0.05) is 5.16 Å².